The Balaban J connectivity index is 4.13. The molecule has 1 nitrogen and oxygen atoms in total. The van der Waals surface area contributed by atoms with Crippen molar-refractivity contribution in [3.05, 3.63) is 0 Å². The van der Waals surface area contributed by atoms with E-state index in [1.165, 1.54) is 0 Å². The van der Waals surface area contributed by atoms with Gasteiger partial charge in [0.2, 0.25) is 0 Å². The molecule has 2 heteroatoms. The molecule has 1 unspecified atom stereocenters. The molecule has 0 fully saturated rings. The molecular weight excluding hydrogens is 251 g/mol. The molecule has 0 aliphatic heterocycles. The average Bonchev–Trinajstić information content (AvgIpc) is 1.56. The zero-order chi connectivity index (χ0) is 9.28. The predicted octanol–water partition coefficient (Wildman–Crippen LogP) is 3.00. The summed E-state index contributed by atoms with van der Waals surface area (Å²) in [5.74, 6) is 0. The molecule has 0 bridgehead atoms. The molecule has 0 aromatic heterocycles. The van der Waals surface area contributed by atoms with E-state index >= 15 is 0 Å². The third kappa shape index (κ3) is 5.01. The molecule has 0 aliphatic carbocycles. The SMILES string of the molecule is CC(I)C(C)(C)CC(C)(C)O. The number of hydrogen-bond acceptors (Lipinski definition) is 1. The number of hydrogen-bond donors (Lipinski definition) is 1. The van der Waals surface area contributed by atoms with Gasteiger partial charge in [-0.05, 0) is 25.7 Å². The first-order valence-corrected chi connectivity index (χ1v) is 5.26. The fourth-order valence-corrected chi connectivity index (χ4v) is 1.48. The lowest BCUT2D eigenvalue weighted by atomic mass is 9.80. The molecule has 0 spiro atoms. The van der Waals surface area contributed by atoms with Crippen LogP contribution in [-0.2, 0) is 0 Å². The van der Waals surface area contributed by atoms with Gasteiger partial charge in [0.15, 0.2) is 0 Å². The van der Waals surface area contributed by atoms with E-state index in [2.05, 4.69) is 43.4 Å². The summed E-state index contributed by atoms with van der Waals surface area (Å²) in [6.45, 7) is 10.3. The molecule has 0 rings (SSSR count). The van der Waals surface area contributed by atoms with Gasteiger partial charge in [-0.25, -0.2) is 0 Å². The molecule has 0 aliphatic rings. The average molecular weight is 270 g/mol. The highest BCUT2D eigenvalue weighted by Gasteiger charge is 2.30. The maximum absolute atomic E-state index is 9.60. The molecule has 0 heterocycles. The highest BCUT2D eigenvalue weighted by molar-refractivity contribution is 14.1. The monoisotopic (exact) mass is 270 g/mol. The minimum Gasteiger partial charge on any atom is -0.390 e. The Morgan fingerprint density at radius 1 is 1.27 bits per heavy atom. The molecule has 0 aromatic carbocycles. The highest BCUT2D eigenvalue weighted by Crippen LogP contribution is 2.35. The van der Waals surface area contributed by atoms with Crippen molar-refractivity contribution in [2.45, 2.75) is 50.6 Å². The smallest absolute Gasteiger partial charge is 0.0597 e. The normalized spacial score (nSPS) is 16.6. The Morgan fingerprint density at radius 2 is 1.64 bits per heavy atom. The van der Waals surface area contributed by atoms with Crippen molar-refractivity contribution in [2.75, 3.05) is 0 Å². The largest absolute Gasteiger partial charge is 0.390 e. The molecule has 1 atom stereocenters. The summed E-state index contributed by atoms with van der Waals surface area (Å²) in [6, 6.07) is 0. The van der Waals surface area contributed by atoms with Crippen LogP contribution in [0.3, 0.4) is 0 Å². The van der Waals surface area contributed by atoms with Gasteiger partial charge in [-0.2, -0.15) is 0 Å². The molecule has 68 valence electrons. The van der Waals surface area contributed by atoms with Gasteiger partial charge in [-0.1, -0.05) is 43.4 Å². The van der Waals surface area contributed by atoms with Gasteiger partial charge >= 0.3 is 0 Å². The number of alkyl halides is 1. The van der Waals surface area contributed by atoms with Crippen LogP contribution in [0.5, 0.6) is 0 Å². The predicted molar refractivity (Wildman–Crippen MR) is 58.2 cm³/mol. The van der Waals surface area contributed by atoms with Gasteiger partial charge in [0, 0.05) is 3.92 Å². The van der Waals surface area contributed by atoms with E-state index < -0.39 is 5.60 Å². The summed E-state index contributed by atoms with van der Waals surface area (Å²) in [5, 5.41) is 9.60. The van der Waals surface area contributed by atoms with Gasteiger partial charge in [0.1, 0.15) is 0 Å². The molecule has 0 aromatic rings. The topological polar surface area (TPSA) is 20.2 Å². The lowest BCUT2D eigenvalue weighted by Crippen LogP contribution is -2.32. The van der Waals surface area contributed by atoms with Crippen LogP contribution in [0, 0.1) is 5.41 Å². The fourth-order valence-electron chi connectivity index (χ4n) is 1.26. The summed E-state index contributed by atoms with van der Waals surface area (Å²) in [5.41, 5.74) is -0.318. The number of rotatable bonds is 3. The first-order chi connectivity index (χ1) is 4.65. The van der Waals surface area contributed by atoms with Gasteiger partial charge in [-0.15, -0.1) is 0 Å². The van der Waals surface area contributed by atoms with E-state index in [9.17, 15) is 5.11 Å². The van der Waals surface area contributed by atoms with Crippen molar-refractivity contribution >= 4 is 22.6 Å². The van der Waals surface area contributed by atoms with Gasteiger partial charge < -0.3 is 5.11 Å². The Kier molecular flexibility index (Phi) is 3.83. The van der Waals surface area contributed by atoms with Crippen molar-refractivity contribution in [3.8, 4) is 0 Å². The van der Waals surface area contributed by atoms with E-state index in [0.717, 1.165) is 6.42 Å². The second-order valence-electron chi connectivity index (χ2n) is 4.59. The zero-order valence-electron chi connectivity index (χ0n) is 8.11. The highest BCUT2D eigenvalue weighted by atomic mass is 127. The second-order valence-corrected chi connectivity index (χ2v) is 6.46. The lowest BCUT2D eigenvalue weighted by Gasteiger charge is -2.33. The Hall–Kier alpha value is 0.690. The van der Waals surface area contributed by atoms with Crippen LogP contribution in [0.25, 0.3) is 0 Å². The summed E-state index contributed by atoms with van der Waals surface area (Å²) >= 11 is 2.41. The lowest BCUT2D eigenvalue weighted by molar-refractivity contribution is 0.0335. The summed E-state index contributed by atoms with van der Waals surface area (Å²) in [7, 11) is 0. The van der Waals surface area contributed by atoms with Crippen LogP contribution in [0.15, 0.2) is 0 Å². The quantitative estimate of drug-likeness (QED) is 0.617. The summed E-state index contributed by atoms with van der Waals surface area (Å²) < 4.78 is 0.589. The van der Waals surface area contributed by atoms with Crippen molar-refractivity contribution in [1.82, 2.24) is 0 Å². The Morgan fingerprint density at radius 3 is 1.73 bits per heavy atom. The van der Waals surface area contributed by atoms with Gasteiger partial charge in [0.05, 0.1) is 5.60 Å². The van der Waals surface area contributed by atoms with Crippen molar-refractivity contribution in [3.63, 3.8) is 0 Å². The van der Waals surface area contributed by atoms with E-state index in [1.807, 2.05) is 13.8 Å². The maximum Gasteiger partial charge on any atom is 0.0597 e. The van der Waals surface area contributed by atoms with Gasteiger partial charge in [0.25, 0.3) is 0 Å². The third-order valence-electron chi connectivity index (χ3n) is 1.97. The van der Waals surface area contributed by atoms with E-state index in [-0.39, 0.29) is 5.41 Å². The first-order valence-electron chi connectivity index (χ1n) is 4.01. The molecule has 0 saturated carbocycles. The molecule has 0 amide bonds. The van der Waals surface area contributed by atoms with Crippen molar-refractivity contribution in [2.24, 2.45) is 5.41 Å². The van der Waals surface area contributed by atoms with E-state index in [1.54, 1.807) is 0 Å². The second kappa shape index (κ2) is 3.60. The van der Waals surface area contributed by atoms with Crippen molar-refractivity contribution < 1.29 is 5.11 Å². The van der Waals surface area contributed by atoms with Crippen LogP contribution in [0.1, 0.15) is 41.0 Å². The van der Waals surface area contributed by atoms with Crippen LogP contribution >= 0.6 is 22.6 Å². The first kappa shape index (κ1) is 11.7. The minimum atomic E-state index is -0.539. The molecule has 1 N–H and O–H groups in total. The van der Waals surface area contributed by atoms with Crippen LogP contribution in [-0.4, -0.2) is 14.6 Å². The standard InChI is InChI=1S/C9H19IO/c1-7(10)8(2,3)6-9(4,5)11/h7,11H,6H2,1-5H3. The molecular formula is C9H19IO. The fraction of sp³-hybridized carbons (Fsp3) is 1.00. The van der Waals surface area contributed by atoms with Gasteiger partial charge in [-0.3, -0.25) is 0 Å². The van der Waals surface area contributed by atoms with Crippen LogP contribution in [0.2, 0.25) is 0 Å². The summed E-state index contributed by atoms with van der Waals surface area (Å²) in [4.78, 5) is 0. The molecule has 0 saturated heterocycles. The molecule has 11 heavy (non-hydrogen) atoms. The van der Waals surface area contributed by atoms with Crippen LogP contribution < -0.4 is 0 Å². The number of aliphatic hydroxyl groups is 1. The van der Waals surface area contributed by atoms with Crippen molar-refractivity contribution in [1.29, 1.82) is 0 Å². The Bertz CT molecular complexity index is 122. The number of halogens is 1. The molecule has 0 radical (unpaired) electrons. The maximum atomic E-state index is 9.60. The third-order valence-corrected chi connectivity index (χ3v) is 3.65. The zero-order valence-corrected chi connectivity index (χ0v) is 10.3. The summed E-state index contributed by atoms with van der Waals surface area (Å²) in [6.07, 6.45) is 0.851. The Labute approximate surface area is 83.7 Å². The van der Waals surface area contributed by atoms with E-state index in [0.29, 0.717) is 3.92 Å². The minimum absolute atomic E-state index is 0.221. The van der Waals surface area contributed by atoms with Crippen LogP contribution in [0.4, 0.5) is 0 Å². The van der Waals surface area contributed by atoms with E-state index in [4.69, 9.17) is 0 Å².